The first-order chi connectivity index (χ1) is 6.10. The van der Waals surface area contributed by atoms with Gasteiger partial charge in [0.25, 0.3) is 0 Å². The van der Waals surface area contributed by atoms with Crippen molar-refractivity contribution in [1.82, 2.24) is 0 Å². The summed E-state index contributed by atoms with van der Waals surface area (Å²) < 4.78 is 13.8. The summed E-state index contributed by atoms with van der Waals surface area (Å²) in [6.45, 7) is 0. The second-order valence-corrected chi connectivity index (χ2v) is 4.58. The maximum absolute atomic E-state index is 13.0. The van der Waals surface area contributed by atoms with E-state index in [-0.39, 0.29) is 11.4 Å². The van der Waals surface area contributed by atoms with E-state index in [4.69, 9.17) is 5.73 Å². The molecule has 1 aliphatic rings. The molecule has 2 N–H and O–H groups in total. The summed E-state index contributed by atoms with van der Waals surface area (Å²) in [5.74, 6) is -0.221. The number of nitrogens with two attached hydrogens (primary N) is 1. The Balaban J connectivity index is 2.39. The van der Waals surface area contributed by atoms with E-state index in [1.807, 2.05) is 6.07 Å². The molecule has 0 bridgehead atoms. The molecule has 0 aromatic heterocycles. The summed E-state index contributed by atoms with van der Waals surface area (Å²) in [6.07, 6.45) is 3.07. The van der Waals surface area contributed by atoms with Gasteiger partial charge >= 0.3 is 0 Å². The molecule has 0 amide bonds. The van der Waals surface area contributed by atoms with Crippen LogP contribution in [0.2, 0.25) is 0 Å². The molecule has 1 aromatic rings. The molecule has 1 aliphatic carbocycles. The van der Waals surface area contributed by atoms with E-state index in [1.54, 1.807) is 0 Å². The number of hydrogen-bond donors (Lipinski definition) is 1. The zero-order chi connectivity index (χ0) is 9.47. The minimum atomic E-state index is -0.273. The fraction of sp³-hybridized carbons (Fsp3) is 0.400. The first-order valence-corrected chi connectivity index (χ1v) is 5.15. The van der Waals surface area contributed by atoms with Crippen LogP contribution in [-0.2, 0) is 5.54 Å². The predicted octanol–water partition coefficient (Wildman–Crippen LogP) is 2.93. The zero-order valence-corrected chi connectivity index (χ0v) is 8.77. The standard InChI is InChI=1S/C10H11BrFN/c11-8-4-7(5-9(12)6-8)10(13)2-1-3-10/h4-6H,1-3,13H2. The van der Waals surface area contributed by atoms with Crippen LogP contribution in [0.4, 0.5) is 4.39 Å². The molecule has 0 saturated heterocycles. The van der Waals surface area contributed by atoms with Gasteiger partial charge in [-0.2, -0.15) is 0 Å². The van der Waals surface area contributed by atoms with Crippen LogP contribution >= 0.6 is 15.9 Å². The predicted molar refractivity (Wildman–Crippen MR) is 53.8 cm³/mol. The number of benzene rings is 1. The van der Waals surface area contributed by atoms with Gasteiger partial charge in [-0.3, -0.25) is 0 Å². The van der Waals surface area contributed by atoms with Gasteiger partial charge in [-0.05, 0) is 43.0 Å². The van der Waals surface area contributed by atoms with Gasteiger partial charge in [0.05, 0.1) is 0 Å². The van der Waals surface area contributed by atoms with Crippen molar-refractivity contribution < 1.29 is 4.39 Å². The molecule has 1 saturated carbocycles. The molecule has 13 heavy (non-hydrogen) atoms. The third-order valence-corrected chi connectivity index (χ3v) is 3.14. The average molecular weight is 244 g/mol. The molecular formula is C10H11BrFN. The van der Waals surface area contributed by atoms with Crippen LogP contribution in [0.25, 0.3) is 0 Å². The summed E-state index contributed by atoms with van der Waals surface area (Å²) in [6, 6.07) is 4.89. The van der Waals surface area contributed by atoms with Crippen LogP contribution in [0.15, 0.2) is 22.7 Å². The SMILES string of the molecule is NC1(c2cc(F)cc(Br)c2)CCC1. The molecule has 0 atom stereocenters. The fourth-order valence-corrected chi connectivity index (χ4v) is 2.15. The third kappa shape index (κ3) is 1.63. The van der Waals surface area contributed by atoms with Gasteiger partial charge in [-0.25, -0.2) is 4.39 Å². The molecular weight excluding hydrogens is 233 g/mol. The van der Waals surface area contributed by atoms with Gasteiger partial charge in [0.15, 0.2) is 0 Å². The Bertz CT molecular complexity index is 313. The quantitative estimate of drug-likeness (QED) is 0.807. The van der Waals surface area contributed by atoms with Crippen LogP contribution in [0, 0.1) is 5.82 Å². The van der Waals surface area contributed by atoms with Crippen LogP contribution in [0.1, 0.15) is 24.8 Å². The van der Waals surface area contributed by atoms with Crippen molar-refractivity contribution in [2.24, 2.45) is 5.73 Å². The van der Waals surface area contributed by atoms with Gasteiger partial charge in [0, 0.05) is 10.0 Å². The molecule has 1 fully saturated rings. The molecule has 0 heterocycles. The summed E-state index contributed by atoms with van der Waals surface area (Å²) in [4.78, 5) is 0. The Morgan fingerprint density at radius 1 is 1.31 bits per heavy atom. The highest BCUT2D eigenvalue weighted by Crippen LogP contribution is 2.39. The normalized spacial score (nSPS) is 19.6. The van der Waals surface area contributed by atoms with Crippen molar-refractivity contribution in [2.75, 3.05) is 0 Å². The smallest absolute Gasteiger partial charge is 0.124 e. The van der Waals surface area contributed by atoms with Gasteiger partial charge in [-0.1, -0.05) is 15.9 Å². The second-order valence-electron chi connectivity index (χ2n) is 3.67. The van der Waals surface area contributed by atoms with Crippen LogP contribution < -0.4 is 5.73 Å². The van der Waals surface area contributed by atoms with E-state index in [9.17, 15) is 4.39 Å². The minimum absolute atomic E-state index is 0.221. The number of halogens is 2. The Morgan fingerprint density at radius 3 is 2.46 bits per heavy atom. The van der Waals surface area contributed by atoms with E-state index < -0.39 is 0 Å². The zero-order valence-electron chi connectivity index (χ0n) is 7.19. The monoisotopic (exact) mass is 243 g/mol. The van der Waals surface area contributed by atoms with Gasteiger partial charge in [0.2, 0.25) is 0 Å². The molecule has 0 aliphatic heterocycles. The summed E-state index contributed by atoms with van der Waals surface area (Å²) in [5.41, 5.74) is 6.71. The highest BCUT2D eigenvalue weighted by molar-refractivity contribution is 9.10. The van der Waals surface area contributed by atoms with Crippen molar-refractivity contribution >= 4 is 15.9 Å². The van der Waals surface area contributed by atoms with Crippen LogP contribution in [0.5, 0.6) is 0 Å². The van der Waals surface area contributed by atoms with Crippen LogP contribution in [0.3, 0.4) is 0 Å². The largest absolute Gasteiger partial charge is 0.321 e. The average Bonchev–Trinajstić information content (AvgIpc) is 1.98. The molecule has 0 unspecified atom stereocenters. The maximum atomic E-state index is 13.0. The maximum Gasteiger partial charge on any atom is 0.124 e. The summed E-state index contributed by atoms with van der Waals surface area (Å²) in [5, 5.41) is 0. The van der Waals surface area contributed by atoms with Gasteiger partial charge < -0.3 is 5.73 Å². The van der Waals surface area contributed by atoms with E-state index in [1.165, 1.54) is 12.1 Å². The van der Waals surface area contributed by atoms with Crippen molar-refractivity contribution in [3.63, 3.8) is 0 Å². The minimum Gasteiger partial charge on any atom is -0.321 e. The van der Waals surface area contributed by atoms with E-state index in [0.717, 1.165) is 29.3 Å². The molecule has 1 aromatic carbocycles. The molecule has 70 valence electrons. The van der Waals surface area contributed by atoms with Gasteiger partial charge in [-0.15, -0.1) is 0 Å². The second kappa shape index (κ2) is 3.07. The Kier molecular flexibility index (Phi) is 2.16. The van der Waals surface area contributed by atoms with Crippen LogP contribution in [-0.4, -0.2) is 0 Å². The molecule has 0 radical (unpaired) electrons. The van der Waals surface area contributed by atoms with E-state index in [0.29, 0.717) is 0 Å². The fourth-order valence-electron chi connectivity index (χ4n) is 1.69. The highest BCUT2D eigenvalue weighted by Gasteiger charge is 2.34. The van der Waals surface area contributed by atoms with Crippen molar-refractivity contribution in [2.45, 2.75) is 24.8 Å². The first kappa shape index (κ1) is 9.16. The molecule has 3 heteroatoms. The Hall–Kier alpha value is -0.410. The molecule has 1 nitrogen and oxygen atoms in total. The lowest BCUT2D eigenvalue weighted by atomic mass is 9.73. The summed E-state index contributed by atoms with van der Waals surface area (Å²) >= 11 is 3.26. The van der Waals surface area contributed by atoms with Crippen molar-refractivity contribution in [1.29, 1.82) is 0 Å². The van der Waals surface area contributed by atoms with E-state index >= 15 is 0 Å². The van der Waals surface area contributed by atoms with Gasteiger partial charge in [0.1, 0.15) is 5.82 Å². The Labute approximate surface area is 85.3 Å². The molecule has 0 spiro atoms. The third-order valence-electron chi connectivity index (χ3n) is 2.68. The summed E-state index contributed by atoms with van der Waals surface area (Å²) in [7, 11) is 0. The lowest BCUT2D eigenvalue weighted by molar-refractivity contribution is 0.252. The van der Waals surface area contributed by atoms with E-state index in [2.05, 4.69) is 15.9 Å². The van der Waals surface area contributed by atoms with Crippen molar-refractivity contribution in [3.8, 4) is 0 Å². The highest BCUT2D eigenvalue weighted by atomic mass is 79.9. The number of rotatable bonds is 1. The Morgan fingerprint density at radius 2 is 2.00 bits per heavy atom. The molecule has 2 rings (SSSR count). The lowest BCUT2D eigenvalue weighted by Gasteiger charge is -2.38. The number of hydrogen-bond acceptors (Lipinski definition) is 1. The first-order valence-electron chi connectivity index (χ1n) is 4.36. The van der Waals surface area contributed by atoms with Crippen molar-refractivity contribution in [3.05, 3.63) is 34.1 Å². The topological polar surface area (TPSA) is 26.0 Å². The lowest BCUT2D eigenvalue weighted by Crippen LogP contribution is -2.43.